The molecule has 0 bridgehead atoms. The summed E-state index contributed by atoms with van der Waals surface area (Å²) in [5.41, 5.74) is 0. The molecule has 0 radical (unpaired) electrons. The third-order valence-corrected chi connectivity index (χ3v) is 13.9. The third-order valence-electron chi connectivity index (χ3n) is 12.9. The Morgan fingerprint density at radius 2 is 0.956 bits per heavy atom. The molecule has 0 aromatic rings. The van der Waals surface area contributed by atoms with Crippen molar-refractivity contribution in [1.29, 1.82) is 0 Å². The number of phosphoric ester groups is 1. The number of unbranched alkanes of at least 4 members (excludes halogenated alkanes) is 26. The highest BCUT2D eigenvalue weighted by Gasteiger charge is 2.51. The number of carbonyl (C=O) groups excluding carboxylic acids is 1. The summed E-state index contributed by atoms with van der Waals surface area (Å²) in [5, 5.41) is 74.8. The van der Waals surface area contributed by atoms with E-state index in [4.69, 9.17) is 9.05 Å². The molecule has 1 saturated carbocycles. The number of aliphatic hydroxyl groups is 7. The molecule has 8 atom stereocenters. The number of hydrogen-bond donors (Lipinski definition) is 9. The van der Waals surface area contributed by atoms with E-state index >= 15 is 0 Å². The van der Waals surface area contributed by atoms with E-state index in [-0.39, 0.29) is 6.42 Å². The zero-order valence-corrected chi connectivity index (χ0v) is 43.4. The number of allylic oxidation sites excluding steroid dienone is 7. The molecule has 1 fully saturated rings. The van der Waals surface area contributed by atoms with Gasteiger partial charge in [0, 0.05) is 0 Å². The van der Waals surface area contributed by atoms with Gasteiger partial charge in [-0.1, -0.05) is 210 Å². The predicted octanol–water partition coefficient (Wildman–Crippen LogP) is 10.7. The van der Waals surface area contributed by atoms with Gasteiger partial charge in [0.05, 0.1) is 31.3 Å². The second-order valence-electron chi connectivity index (χ2n) is 19.2. The minimum atomic E-state index is -5.16. The van der Waals surface area contributed by atoms with E-state index in [2.05, 4.69) is 55.6 Å². The smallest absolute Gasteiger partial charge is 0.393 e. The van der Waals surface area contributed by atoms with Gasteiger partial charge in [-0.15, -0.1) is 0 Å². The van der Waals surface area contributed by atoms with Crippen LogP contribution in [-0.4, -0.2) is 108 Å². The van der Waals surface area contributed by atoms with Gasteiger partial charge in [0.2, 0.25) is 5.91 Å². The van der Waals surface area contributed by atoms with Gasteiger partial charge in [-0.25, -0.2) is 4.57 Å². The van der Waals surface area contributed by atoms with E-state index in [0.29, 0.717) is 12.8 Å². The summed E-state index contributed by atoms with van der Waals surface area (Å²) in [6.45, 7) is 3.66. The van der Waals surface area contributed by atoms with E-state index in [9.17, 15) is 50.0 Å². The Labute approximate surface area is 412 Å². The Hall–Kier alpha value is -1.74. The second kappa shape index (κ2) is 42.9. The Kier molecular flexibility index (Phi) is 40.5. The number of amides is 1. The number of phosphoric acid groups is 1. The summed E-state index contributed by atoms with van der Waals surface area (Å²) in [4.78, 5) is 23.5. The maximum atomic E-state index is 13.1. The van der Waals surface area contributed by atoms with Crippen molar-refractivity contribution in [1.82, 2.24) is 5.32 Å². The van der Waals surface area contributed by atoms with Crippen LogP contribution in [0.5, 0.6) is 0 Å². The SMILES string of the molecule is CC/C=C\C/C=C\CCCCCCCCCCCCCCC(O)CC(=O)NC(COP(=O)(O)OC1C(O)C(O)C(O)C(O)C1O)C(O)/C=C/CC/C=C/CCCCCCCCCCCCCCC. The van der Waals surface area contributed by atoms with Gasteiger partial charge in [0.1, 0.15) is 36.6 Å². The quantitative estimate of drug-likeness (QED) is 0.0158. The van der Waals surface area contributed by atoms with Crippen LogP contribution in [-0.2, 0) is 18.4 Å². The Morgan fingerprint density at radius 1 is 0.544 bits per heavy atom. The van der Waals surface area contributed by atoms with Crippen LogP contribution in [0, 0.1) is 0 Å². The molecular weight excluding hydrogens is 886 g/mol. The maximum absolute atomic E-state index is 13.1. The number of carbonyl (C=O) groups is 1. The summed E-state index contributed by atoms with van der Waals surface area (Å²) < 4.78 is 23.0. The molecule has 9 N–H and O–H groups in total. The molecule has 1 amide bonds. The van der Waals surface area contributed by atoms with Gasteiger partial charge >= 0.3 is 7.82 Å². The molecule has 0 spiro atoms. The third kappa shape index (κ3) is 33.8. The lowest BCUT2D eigenvalue weighted by atomic mass is 9.85. The average Bonchev–Trinajstić information content (AvgIpc) is 3.31. The predicted molar refractivity (Wildman–Crippen MR) is 275 cm³/mol. The summed E-state index contributed by atoms with van der Waals surface area (Å²) in [6, 6.07) is -1.26. The molecule has 0 aromatic carbocycles. The molecule has 398 valence electrons. The Bertz CT molecular complexity index is 1350. The topological polar surface area (TPSA) is 226 Å². The first-order valence-corrected chi connectivity index (χ1v) is 28.7. The van der Waals surface area contributed by atoms with Crippen LogP contribution in [0.1, 0.15) is 226 Å². The molecule has 1 aliphatic carbocycles. The van der Waals surface area contributed by atoms with Crippen molar-refractivity contribution in [3.63, 3.8) is 0 Å². The first kappa shape index (κ1) is 64.3. The number of hydrogen-bond acceptors (Lipinski definition) is 11. The number of rotatable bonds is 45. The van der Waals surface area contributed by atoms with Crippen molar-refractivity contribution in [2.45, 2.75) is 281 Å². The fraction of sp³-hybridized carbons (Fsp3) is 0.833. The minimum Gasteiger partial charge on any atom is -0.393 e. The maximum Gasteiger partial charge on any atom is 0.472 e. The molecular formula is C54H100NO12P. The first-order chi connectivity index (χ1) is 32.8. The standard InChI is InChI=1S/C54H100NO12P/c1-3-5-7-9-11-13-15-17-19-21-23-25-27-29-31-33-35-37-39-41-45(56)43-48(58)55-46(44-66-68(64,65)67-54-52(62)50(60)49(59)51(61)53(54)63)47(57)42-40-38-36-34-32-30-28-26-24-22-20-18-16-14-12-10-8-6-4-2/h5,7,11,13,32,34,40,42,45-47,49-54,56-57,59-63H,3-4,6,8-10,12,14-31,33,35-39,41,43-44H2,1-2H3,(H,55,58)(H,64,65)/b7-5-,13-11-,34-32+,42-40+. The van der Waals surface area contributed by atoms with Gasteiger partial charge < -0.3 is 46.0 Å². The highest BCUT2D eigenvalue weighted by atomic mass is 31.2. The normalized spacial score (nSPS) is 22.4. The molecule has 1 rings (SSSR count). The summed E-state index contributed by atoms with van der Waals surface area (Å²) in [5.74, 6) is -0.603. The fourth-order valence-electron chi connectivity index (χ4n) is 8.53. The fourth-order valence-corrected chi connectivity index (χ4v) is 9.50. The molecule has 68 heavy (non-hydrogen) atoms. The molecule has 13 nitrogen and oxygen atoms in total. The summed E-state index contributed by atoms with van der Waals surface area (Å²) >= 11 is 0. The summed E-state index contributed by atoms with van der Waals surface area (Å²) in [6.07, 6.45) is 39.1. The van der Waals surface area contributed by atoms with E-state index in [0.717, 1.165) is 57.8 Å². The lowest BCUT2D eigenvalue weighted by Gasteiger charge is -2.41. The largest absolute Gasteiger partial charge is 0.472 e. The zero-order valence-electron chi connectivity index (χ0n) is 42.5. The van der Waals surface area contributed by atoms with Crippen LogP contribution in [0.2, 0.25) is 0 Å². The van der Waals surface area contributed by atoms with Crippen molar-refractivity contribution < 1.29 is 59.0 Å². The van der Waals surface area contributed by atoms with E-state index in [1.807, 2.05) is 0 Å². The van der Waals surface area contributed by atoms with Crippen molar-refractivity contribution >= 4 is 13.7 Å². The van der Waals surface area contributed by atoms with Crippen LogP contribution in [0.3, 0.4) is 0 Å². The van der Waals surface area contributed by atoms with Crippen molar-refractivity contribution in [2.24, 2.45) is 0 Å². The second-order valence-corrected chi connectivity index (χ2v) is 20.6. The van der Waals surface area contributed by atoms with Crippen molar-refractivity contribution in [2.75, 3.05) is 6.61 Å². The van der Waals surface area contributed by atoms with E-state index in [1.54, 1.807) is 6.08 Å². The van der Waals surface area contributed by atoms with Gasteiger partial charge in [0.15, 0.2) is 0 Å². The number of nitrogens with one attached hydrogen (secondary N) is 1. The monoisotopic (exact) mass is 986 g/mol. The van der Waals surface area contributed by atoms with Gasteiger partial charge in [-0.3, -0.25) is 13.8 Å². The molecule has 8 unspecified atom stereocenters. The number of aliphatic hydroxyl groups excluding tert-OH is 7. The highest BCUT2D eigenvalue weighted by Crippen LogP contribution is 2.47. The zero-order chi connectivity index (χ0) is 50.1. The van der Waals surface area contributed by atoms with Crippen LogP contribution in [0.25, 0.3) is 0 Å². The van der Waals surface area contributed by atoms with Crippen LogP contribution < -0.4 is 5.32 Å². The van der Waals surface area contributed by atoms with Gasteiger partial charge in [0.25, 0.3) is 0 Å². The molecule has 14 heteroatoms. The van der Waals surface area contributed by atoms with E-state index < -0.39 is 75.2 Å². The van der Waals surface area contributed by atoms with Gasteiger partial charge in [-0.05, 0) is 57.8 Å². The summed E-state index contributed by atoms with van der Waals surface area (Å²) in [7, 11) is -5.16. The molecule has 1 aliphatic rings. The Morgan fingerprint density at radius 3 is 1.46 bits per heavy atom. The highest BCUT2D eigenvalue weighted by molar-refractivity contribution is 7.47. The van der Waals surface area contributed by atoms with Crippen molar-refractivity contribution in [3.8, 4) is 0 Å². The average molecular weight is 986 g/mol. The first-order valence-electron chi connectivity index (χ1n) is 27.2. The lowest BCUT2D eigenvalue weighted by Crippen LogP contribution is -2.64. The molecule has 0 saturated heterocycles. The lowest BCUT2D eigenvalue weighted by molar-refractivity contribution is -0.220. The molecule has 0 aliphatic heterocycles. The van der Waals surface area contributed by atoms with Crippen LogP contribution in [0.4, 0.5) is 0 Å². The Balaban J connectivity index is 2.47. The van der Waals surface area contributed by atoms with Gasteiger partial charge in [-0.2, -0.15) is 0 Å². The molecule has 0 heterocycles. The molecule has 0 aromatic heterocycles. The van der Waals surface area contributed by atoms with E-state index in [1.165, 1.54) is 141 Å². The minimum absolute atomic E-state index is 0.254. The van der Waals surface area contributed by atoms with Crippen LogP contribution >= 0.6 is 7.82 Å². The van der Waals surface area contributed by atoms with Crippen LogP contribution in [0.15, 0.2) is 48.6 Å². The van der Waals surface area contributed by atoms with Crippen molar-refractivity contribution in [3.05, 3.63) is 48.6 Å².